The van der Waals surface area contributed by atoms with Crippen molar-refractivity contribution < 1.29 is 22.7 Å². The van der Waals surface area contributed by atoms with Crippen LogP contribution in [0.4, 0.5) is 5.69 Å². The van der Waals surface area contributed by atoms with Crippen LogP contribution in [-0.2, 0) is 14.8 Å². The Labute approximate surface area is 168 Å². The molecule has 0 atom stereocenters. The first-order valence-corrected chi connectivity index (χ1v) is 10.2. The van der Waals surface area contributed by atoms with Gasteiger partial charge in [-0.2, -0.15) is 5.10 Å². The molecule has 0 saturated carbocycles. The van der Waals surface area contributed by atoms with E-state index in [9.17, 15) is 13.2 Å². The summed E-state index contributed by atoms with van der Waals surface area (Å²) in [6.07, 6.45) is 2.42. The fourth-order valence-electron chi connectivity index (χ4n) is 2.27. The Morgan fingerprint density at radius 1 is 1.18 bits per heavy atom. The minimum atomic E-state index is -3.78. The van der Waals surface area contributed by atoms with E-state index in [4.69, 9.17) is 21.1 Å². The monoisotopic (exact) mass is 425 g/mol. The molecule has 8 nitrogen and oxygen atoms in total. The molecule has 28 heavy (non-hydrogen) atoms. The van der Waals surface area contributed by atoms with Crippen LogP contribution >= 0.6 is 11.6 Å². The first-order chi connectivity index (χ1) is 13.2. The number of sulfonamides is 1. The van der Waals surface area contributed by atoms with Gasteiger partial charge in [-0.25, -0.2) is 13.8 Å². The summed E-state index contributed by atoms with van der Waals surface area (Å²) in [7, 11) is -0.823. The van der Waals surface area contributed by atoms with E-state index >= 15 is 0 Å². The van der Waals surface area contributed by atoms with Crippen LogP contribution in [0.1, 0.15) is 5.56 Å². The van der Waals surface area contributed by atoms with Crippen molar-refractivity contribution in [2.75, 3.05) is 31.3 Å². The Hall–Kier alpha value is -2.78. The lowest BCUT2D eigenvalue weighted by Crippen LogP contribution is -2.39. The molecule has 0 aliphatic rings. The fourth-order valence-corrected chi connectivity index (χ4v) is 3.29. The number of amides is 1. The number of rotatable bonds is 8. The number of benzene rings is 2. The second-order valence-corrected chi connectivity index (χ2v) is 8.00. The number of hydrazone groups is 1. The molecular weight excluding hydrogens is 406 g/mol. The third kappa shape index (κ3) is 5.86. The number of methoxy groups -OCH3 is 2. The summed E-state index contributed by atoms with van der Waals surface area (Å²) in [4.78, 5) is 12.2. The van der Waals surface area contributed by atoms with Crippen molar-refractivity contribution in [2.24, 2.45) is 5.10 Å². The molecule has 0 unspecified atom stereocenters. The Kier molecular flexibility index (Phi) is 7.24. The maximum Gasteiger partial charge on any atom is 0.260 e. The molecule has 0 spiro atoms. The fraction of sp³-hybridized carbons (Fsp3) is 0.222. The standard InChI is InChI=1S/C18H20ClN3O5S/c1-26-15-7-4-13(5-8-15)11-20-21-18(23)12-22(28(3,24)25)16-10-14(19)6-9-17(16)27-2/h4-11H,12H2,1-3H3,(H,21,23)/b20-11-. The van der Waals surface area contributed by atoms with Crippen LogP contribution in [0.15, 0.2) is 47.6 Å². The number of carbonyl (C=O) groups excluding carboxylic acids is 1. The summed E-state index contributed by atoms with van der Waals surface area (Å²) in [5, 5.41) is 4.15. The molecule has 0 radical (unpaired) electrons. The number of ether oxygens (including phenoxy) is 2. The largest absolute Gasteiger partial charge is 0.497 e. The molecule has 0 heterocycles. The van der Waals surface area contributed by atoms with E-state index in [2.05, 4.69) is 10.5 Å². The molecule has 0 aliphatic carbocycles. The normalized spacial score (nSPS) is 11.3. The number of carbonyl (C=O) groups is 1. The Bertz CT molecular complexity index is 962. The maximum atomic E-state index is 12.2. The zero-order chi connectivity index (χ0) is 20.7. The van der Waals surface area contributed by atoms with E-state index in [0.29, 0.717) is 10.8 Å². The van der Waals surface area contributed by atoms with Crippen LogP contribution in [-0.4, -0.2) is 47.6 Å². The van der Waals surface area contributed by atoms with Gasteiger partial charge in [-0.05, 0) is 48.0 Å². The molecule has 2 aromatic rings. The molecule has 2 aromatic carbocycles. The molecular formula is C18H20ClN3O5S. The highest BCUT2D eigenvalue weighted by Gasteiger charge is 2.24. The predicted molar refractivity (Wildman–Crippen MR) is 109 cm³/mol. The molecule has 1 N–H and O–H groups in total. The summed E-state index contributed by atoms with van der Waals surface area (Å²) in [5.41, 5.74) is 3.20. The second kappa shape index (κ2) is 9.43. The summed E-state index contributed by atoms with van der Waals surface area (Å²) >= 11 is 5.97. The first-order valence-electron chi connectivity index (χ1n) is 8.02. The van der Waals surface area contributed by atoms with Crippen molar-refractivity contribution in [3.63, 3.8) is 0 Å². The minimum Gasteiger partial charge on any atom is -0.497 e. The van der Waals surface area contributed by atoms with Crippen molar-refractivity contribution in [2.45, 2.75) is 0 Å². The number of hydrogen-bond donors (Lipinski definition) is 1. The van der Waals surface area contributed by atoms with Crippen LogP contribution < -0.4 is 19.2 Å². The van der Waals surface area contributed by atoms with Crippen molar-refractivity contribution in [1.82, 2.24) is 5.43 Å². The van der Waals surface area contributed by atoms with Gasteiger partial charge in [0.05, 0.1) is 32.4 Å². The van der Waals surface area contributed by atoms with E-state index in [-0.39, 0.29) is 11.4 Å². The van der Waals surface area contributed by atoms with Crippen molar-refractivity contribution >= 4 is 39.4 Å². The zero-order valence-electron chi connectivity index (χ0n) is 15.5. The van der Waals surface area contributed by atoms with Crippen LogP contribution in [0.5, 0.6) is 11.5 Å². The van der Waals surface area contributed by atoms with Gasteiger partial charge >= 0.3 is 0 Å². The summed E-state index contributed by atoms with van der Waals surface area (Å²) < 4.78 is 35.5. The van der Waals surface area contributed by atoms with Gasteiger partial charge in [0.2, 0.25) is 10.0 Å². The number of hydrogen-bond acceptors (Lipinski definition) is 6. The van der Waals surface area contributed by atoms with Crippen molar-refractivity contribution in [3.05, 3.63) is 53.1 Å². The number of anilines is 1. The van der Waals surface area contributed by atoms with E-state index < -0.39 is 22.5 Å². The molecule has 0 aromatic heterocycles. The van der Waals surface area contributed by atoms with Crippen LogP contribution in [0.25, 0.3) is 0 Å². The van der Waals surface area contributed by atoms with Crippen molar-refractivity contribution in [1.29, 1.82) is 0 Å². The Morgan fingerprint density at radius 3 is 2.43 bits per heavy atom. The van der Waals surface area contributed by atoms with Gasteiger partial charge in [0.25, 0.3) is 5.91 Å². The zero-order valence-corrected chi connectivity index (χ0v) is 17.1. The van der Waals surface area contributed by atoms with E-state index in [1.807, 2.05) is 0 Å². The summed E-state index contributed by atoms with van der Waals surface area (Å²) in [6, 6.07) is 11.5. The Balaban J connectivity index is 2.13. The van der Waals surface area contributed by atoms with Gasteiger partial charge in [0.1, 0.15) is 18.0 Å². The van der Waals surface area contributed by atoms with Gasteiger partial charge in [-0.15, -0.1) is 0 Å². The van der Waals surface area contributed by atoms with Gasteiger partial charge in [-0.1, -0.05) is 11.6 Å². The van der Waals surface area contributed by atoms with Gasteiger partial charge in [0.15, 0.2) is 0 Å². The van der Waals surface area contributed by atoms with Gasteiger partial charge < -0.3 is 9.47 Å². The van der Waals surface area contributed by atoms with Crippen LogP contribution in [0.2, 0.25) is 5.02 Å². The molecule has 0 bridgehead atoms. The van der Waals surface area contributed by atoms with Gasteiger partial charge in [-0.3, -0.25) is 9.10 Å². The van der Waals surface area contributed by atoms with E-state index in [1.54, 1.807) is 37.4 Å². The lowest BCUT2D eigenvalue weighted by molar-refractivity contribution is -0.119. The SMILES string of the molecule is COc1ccc(/C=N\NC(=O)CN(c2cc(Cl)ccc2OC)S(C)(=O)=O)cc1. The maximum absolute atomic E-state index is 12.2. The predicted octanol–water partition coefficient (Wildman–Crippen LogP) is 2.27. The molecule has 0 aliphatic heterocycles. The highest BCUT2D eigenvalue weighted by molar-refractivity contribution is 7.92. The minimum absolute atomic E-state index is 0.159. The Morgan fingerprint density at radius 2 is 1.86 bits per heavy atom. The van der Waals surface area contributed by atoms with Crippen LogP contribution in [0, 0.1) is 0 Å². The molecule has 10 heteroatoms. The first kappa shape index (κ1) is 21.5. The number of halogens is 1. The highest BCUT2D eigenvalue weighted by atomic mass is 35.5. The van der Waals surface area contributed by atoms with Crippen LogP contribution in [0.3, 0.4) is 0 Å². The van der Waals surface area contributed by atoms with E-state index in [0.717, 1.165) is 16.1 Å². The summed E-state index contributed by atoms with van der Waals surface area (Å²) in [5.74, 6) is 0.335. The average molecular weight is 426 g/mol. The topological polar surface area (TPSA) is 97.3 Å². The van der Waals surface area contributed by atoms with E-state index in [1.165, 1.54) is 25.5 Å². The molecule has 150 valence electrons. The van der Waals surface area contributed by atoms with Crippen molar-refractivity contribution in [3.8, 4) is 11.5 Å². The average Bonchev–Trinajstić information content (AvgIpc) is 2.65. The number of nitrogens with zero attached hydrogens (tertiary/aromatic N) is 2. The highest BCUT2D eigenvalue weighted by Crippen LogP contribution is 2.32. The lowest BCUT2D eigenvalue weighted by Gasteiger charge is -2.23. The second-order valence-electron chi connectivity index (χ2n) is 5.65. The quantitative estimate of drug-likeness (QED) is 0.517. The lowest BCUT2D eigenvalue weighted by atomic mass is 10.2. The third-order valence-corrected chi connectivity index (χ3v) is 4.98. The molecule has 2 rings (SSSR count). The molecule has 1 amide bonds. The van der Waals surface area contributed by atoms with Gasteiger partial charge in [0, 0.05) is 5.02 Å². The number of nitrogens with one attached hydrogen (secondary N) is 1. The summed E-state index contributed by atoms with van der Waals surface area (Å²) in [6.45, 7) is -0.491. The third-order valence-electron chi connectivity index (χ3n) is 3.62. The smallest absolute Gasteiger partial charge is 0.260 e. The molecule has 0 fully saturated rings. The molecule has 0 saturated heterocycles.